The van der Waals surface area contributed by atoms with Crippen LogP contribution < -0.4 is 4.90 Å². The quantitative estimate of drug-likeness (QED) is 0.733. The number of anilines is 1. The molecule has 0 N–H and O–H groups in total. The van der Waals surface area contributed by atoms with Gasteiger partial charge in [-0.2, -0.15) is 0 Å². The highest BCUT2D eigenvalue weighted by Gasteiger charge is 2.16. The molecule has 1 saturated heterocycles. The third-order valence-corrected chi connectivity index (χ3v) is 4.83. The predicted octanol–water partition coefficient (Wildman–Crippen LogP) is 3.60. The Balaban J connectivity index is 1.32. The van der Waals surface area contributed by atoms with Crippen molar-refractivity contribution >= 4 is 16.6 Å². The van der Waals surface area contributed by atoms with Gasteiger partial charge in [0, 0.05) is 55.9 Å². The fourth-order valence-corrected chi connectivity index (χ4v) is 3.39. The summed E-state index contributed by atoms with van der Waals surface area (Å²) in [6.45, 7) is 5.56. The molecule has 4 rings (SSSR count). The van der Waals surface area contributed by atoms with Crippen LogP contribution in [0.1, 0.15) is 5.69 Å². The molecule has 122 valence electrons. The van der Waals surface area contributed by atoms with Crippen molar-refractivity contribution in [3.8, 4) is 0 Å². The molecular formula is C21H23N3. The third-order valence-electron chi connectivity index (χ3n) is 4.83. The molecule has 3 aromatic rings. The molecule has 0 bridgehead atoms. The number of pyridine rings is 1. The van der Waals surface area contributed by atoms with E-state index < -0.39 is 0 Å². The van der Waals surface area contributed by atoms with Gasteiger partial charge in [-0.15, -0.1) is 0 Å². The smallest absolute Gasteiger partial charge is 0.0705 e. The first-order valence-electron chi connectivity index (χ1n) is 8.75. The molecule has 1 aliphatic heterocycles. The second kappa shape index (κ2) is 7.02. The van der Waals surface area contributed by atoms with Gasteiger partial charge in [-0.1, -0.05) is 42.5 Å². The highest BCUT2D eigenvalue weighted by molar-refractivity contribution is 5.78. The lowest BCUT2D eigenvalue weighted by Crippen LogP contribution is -2.47. The summed E-state index contributed by atoms with van der Waals surface area (Å²) in [7, 11) is 0. The molecule has 0 saturated carbocycles. The summed E-state index contributed by atoms with van der Waals surface area (Å²) in [5.74, 6) is 0. The number of nitrogens with zero attached hydrogens (tertiary/aromatic N) is 3. The summed E-state index contributed by atoms with van der Waals surface area (Å²) in [5.41, 5.74) is 3.64. The standard InChI is InChI=1S/C21H23N3/c1-2-7-20(8-3-1)24-16-14-23(15-17-24)13-12-19-11-10-18-6-4-5-9-21(18)22-19/h1-11H,12-17H2. The van der Waals surface area contributed by atoms with Crippen LogP contribution in [0.2, 0.25) is 0 Å². The highest BCUT2D eigenvalue weighted by atomic mass is 15.3. The zero-order valence-electron chi connectivity index (χ0n) is 13.9. The van der Waals surface area contributed by atoms with Gasteiger partial charge in [0.15, 0.2) is 0 Å². The maximum atomic E-state index is 4.79. The van der Waals surface area contributed by atoms with Crippen molar-refractivity contribution in [2.75, 3.05) is 37.6 Å². The first-order chi connectivity index (χ1) is 11.9. The summed E-state index contributed by atoms with van der Waals surface area (Å²) in [6, 6.07) is 23.4. The van der Waals surface area contributed by atoms with E-state index in [0.717, 1.165) is 44.7 Å². The van der Waals surface area contributed by atoms with E-state index in [1.807, 2.05) is 0 Å². The lowest BCUT2D eigenvalue weighted by atomic mass is 10.1. The summed E-state index contributed by atoms with van der Waals surface area (Å²) in [5, 5.41) is 1.22. The van der Waals surface area contributed by atoms with Gasteiger partial charge in [-0.05, 0) is 24.3 Å². The molecule has 1 aliphatic rings. The normalized spacial score (nSPS) is 15.8. The number of benzene rings is 2. The minimum Gasteiger partial charge on any atom is -0.369 e. The molecule has 1 aromatic heterocycles. The topological polar surface area (TPSA) is 19.4 Å². The summed E-state index contributed by atoms with van der Waals surface area (Å²) in [4.78, 5) is 9.81. The van der Waals surface area contributed by atoms with Gasteiger partial charge in [0.05, 0.1) is 5.52 Å². The van der Waals surface area contributed by atoms with Crippen molar-refractivity contribution in [3.63, 3.8) is 0 Å². The largest absolute Gasteiger partial charge is 0.369 e. The van der Waals surface area contributed by atoms with Crippen molar-refractivity contribution in [1.82, 2.24) is 9.88 Å². The Bertz CT molecular complexity index is 792. The van der Waals surface area contributed by atoms with Crippen LogP contribution >= 0.6 is 0 Å². The maximum Gasteiger partial charge on any atom is 0.0705 e. The van der Waals surface area contributed by atoms with E-state index in [2.05, 4.69) is 76.5 Å². The molecule has 0 aliphatic carbocycles. The van der Waals surface area contributed by atoms with E-state index in [-0.39, 0.29) is 0 Å². The van der Waals surface area contributed by atoms with Crippen molar-refractivity contribution in [2.45, 2.75) is 6.42 Å². The number of hydrogen-bond acceptors (Lipinski definition) is 3. The van der Waals surface area contributed by atoms with Crippen LogP contribution in [0.25, 0.3) is 10.9 Å². The van der Waals surface area contributed by atoms with Gasteiger partial charge in [-0.25, -0.2) is 0 Å². The molecule has 1 fully saturated rings. The Labute approximate surface area is 143 Å². The van der Waals surface area contributed by atoms with Gasteiger partial charge in [0.1, 0.15) is 0 Å². The van der Waals surface area contributed by atoms with Gasteiger partial charge in [-0.3, -0.25) is 9.88 Å². The lowest BCUT2D eigenvalue weighted by molar-refractivity contribution is 0.260. The monoisotopic (exact) mass is 317 g/mol. The Morgan fingerprint density at radius 3 is 2.33 bits per heavy atom. The minimum atomic E-state index is 1.02. The molecule has 0 atom stereocenters. The molecule has 2 aromatic carbocycles. The minimum absolute atomic E-state index is 1.02. The van der Waals surface area contributed by atoms with Crippen LogP contribution in [0.15, 0.2) is 66.7 Å². The molecule has 3 heteroatoms. The van der Waals surface area contributed by atoms with E-state index in [0.29, 0.717) is 0 Å². The molecule has 0 unspecified atom stereocenters. The zero-order valence-corrected chi connectivity index (χ0v) is 13.9. The molecule has 0 spiro atoms. The summed E-state index contributed by atoms with van der Waals surface area (Å²) < 4.78 is 0. The van der Waals surface area contributed by atoms with Crippen molar-refractivity contribution in [1.29, 1.82) is 0 Å². The van der Waals surface area contributed by atoms with Crippen LogP contribution in [0.4, 0.5) is 5.69 Å². The Morgan fingerprint density at radius 2 is 1.50 bits per heavy atom. The molecular weight excluding hydrogens is 294 g/mol. The lowest BCUT2D eigenvalue weighted by Gasteiger charge is -2.36. The first-order valence-corrected chi connectivity index (χ1v) is 8.75. The van der Waals surface area contributed by atoms with E-state index in [1.165, 1.54) is 16.8 Å². The number of para-hydroxylation sites is 2. The summed E-state index contributed by atoms with van der Waals surface area (Å²) in [6.07, 6.45) is 1.02. The highest BCUT2D eigenvalue weighted by Crippen LogP contribution is 2.16. The van der Waals surface area contributed by atoms with Gasteiger partial charge in [0.2, 0.25) is 0 Å². The predicted molar refractivity (Wildman–Crippen MR) is 101 cm³/mol. The van der Waals surface area contributed by atoms with Crippen LogP contribution in [0.5, 0.6) is 0 Å². The average molecular weight is 317 g/mol. The molecule has 24 heavy (non-hydrogen) atoms. The van der Waals surface area contributed by atoms with Crippen LogP contribution in [0, 0.1) is 0 Å². The Hall–Kier alpha value is -2.39. The van der Waals surface area contributed by atoms with Crippen LogP contribution in [0.3, 0.4) is 0 Å². The third kappa shape index (κ3) is 3.41. The van der Waals surface area contributed by atoms with Crippen molar-refractivity contribution < 1.29 is 0 Å². The Kier molecular flexibility index (Phi) is 4.43. The zero-order chi connectivity index (χ0) is 16.2. The van der Waals surface area contributed by atoms with E-state index >= 15 is 0 Å². The molecule has 0 radical (unpaired) electrons. The number of piperazine rings is 1. The van der Waals surface area contributed by atoms with Gasteiger partial charge < -0.3 is 4.90 Å². The molecule has 3 nitrogen and oxygen atoms in total. The second-order valence-corrected chi connectivity index (χ2v) is 6.41. The van der Waals surface area contributed by atoms with Gasteiger partial charge in [0.25, 0.3) is 0 Å². The number of rotatable bonds is 4. The van der Waals surface area contributed by atoms with Gasteiger partial charge >= 0.3 is 0 Å². The molecule has 2 heterocycles. The fraction of sp³-hybridized carbons (Fsp3) is 0.286. The Morgan fingerprint density at radius 1 is 0.750 bits per heavy atom. The fourth-order valence-electron chi connectivity index (χ4n) is 3.39. The SMILES string of the molecule is c1ccc(N2CCN(CCc3ccc4ccccc4n3)CC2)cc1. The summed E-state index contributed by atoms with van der Waals surface area (Å²) >= 11 is 0. The van der Waals surface area contributed by atoms with Crippen molar-refractivity contribution in [3.05, 3.63) is 72.4 Å². The second-order valence-electron chi connectivity index (χ2n) is 6.41. The number of fused-ring (bicyclic) bond motifs is 1. The maximum absolute atomic E-state index is 4.79. The van der Waals surface area contributed by atoms with Crippen molar-refractivity contribution in [2.24, 2.45) is 0 Å². The number of aromatic nitrogens is 1. The van der Waals surface area contributed by atoms with Crippen LogP contribution in [-0.4, -0.2) is 42.6 Å². The van der Waals surface area contributed by atoms with E-state index in [9.17, 15) is 0 Å². The van der Waals surface area contributed by atoms with E-state index in [4.69, 9.17) is 4.98 Å². The van der Waals surface area contributed by atoms with E-state index in [1.54, 1.807) is 0 Å². The number of hydrogen-bond donors (Lipinski definition) is 0. The molecule has 0 amide bonds. The van der Waals surface area contributed by atoms with Crippen LogP contribution in [-0.2, 0) is 6.42 Å². The average Bonchev–Trinajstić information content (AvgIpc) is 2.67. The first kappa shape index (κ1) is 15.2.